The SMILES string of the molecule is O=C(COC(=O)[C@H]1CC(=O)N(c2ccc(Cl)cc2)C1)c1ccc(Cl)cc1. The number of carbonyl (C=O) groups is 3. The van der Waals surface area contributed by atoms with Gasteiger partial charge < -0.3 is 9.64 Å². The van der Waals surface area contributed by atoms with Gasteiger partial charge in [0, 0.05) is 34.3 Å². The second-order valence-electron chi connectivity index (χ2n) is 5.92. The van der Waals surface area contributed by atoms with E-state index in [0.29, 0.717) is 21.3 Å². The number of hydrogen-bond acceptors (Lipinski definition) is 4. The molecule has 0 spiro atoms. The average molecular weight is 392 g/mol. The molecule has 0 saturated carbocycles. The zero-order valence-electron chi connectivity index (χ0n) is 13.7. The highest BCUT2D eigenvalue weighted by Crippen LogP contribution is 2.27. The number of ether oxygens (including phenoxy) is 1. The molecular formula is C19H15Cl2NO4. The lowest BCUT2D eigenvalue weighted by molar-refractivity contribution is -0.147. The van der Waals surface area contributed by atoms with Gasteiger partial charge in [0.25, 0.3) is 0 Å². The summed E-state index contributed by atoms with van der Waals surface area (Å²) in [5, 5.41) is 1.09. The molecule has 7 heteroatoms. The molecule has 0 aliphatic carbocycles. The highest BCUT2D eigenvalue weighted by Gasteiger charge is 2.36. The van der Waals surface area contributed by atoms with Gasteiger partial charge in [0.05, 0.1) is 5.92 Å². The topological polar surface area (TPSA) is 63.7 Å². The zero-order valence-corrected chi connectivity index (χ0v) is 15.2. The van der Waals surface area contributed by atoms with Gasteiger partial charge in [-0.1, -0.05) is 23.2 Å². The molecule has 0 radical (unpaired) electrons. The van der Waals surface area contributed by atoms with Crippen molar-refractivity contribution in [3.05, 3.63) is 64.1 Å². The van der Waals surface area contributed by atoms with Gasteiger partial charge in [0.2, 0.25) is 5.91 Å². The van der Waals surface area contributed by atoms with Gasteiger partial charge in [-0.15, -0.1) is 0 Å². The van der Waals surface area contributed by atoms with Crippen LogP contribution in [0.1, 0.15) is 16.8 Å². The Morgan fingerprint density at radius 1 is 1.00 bits per heavy atom. The van der Waals surface area contributed by atoms with Gasteiger partial charge in [0.1, 0.15) is 0 Å². The summed E-state index contributed by atoms with van der Waals surface area (Å²) in [7, 11) is 0. The summed E-state index contributed by atoms with van der Waals surface area (Å²) in [4.78, 5) is 38.0. The van der Waals surface area contributed by atoms with Crippen LogP contribution in [0.15, 0.2) is 48.5 Å². The summed E-state index contributed by atoms with van der Waals surface area (Å²) in [6.07, 6.45) is 0.0522. The molecular weight excluding hydrogens is 377 g/mol. The summed E-state index contributed by atoms with van der Waals surface area (Å²) in [5.41, 5.74) is 1.08. The maximum absolute atomic E-state index is 12.2. The number of Topliss-reactive ketones (excluding diaryl/α,β-unsaturated/α-hetero) is 1. The van der Waals surface area contributed by atoms with E-state index >= 15 is 0 Å². The van der Waals surface area contributed by atoms with Crippen molar-refractivity contribution in [1.82, 2.24) is 0 Å². The van der Waals surface area contributed by atoms with Crippen LogP contribution in [0, 0.1) is 5.92 Å². The summed E-state index contributed by atoms with van der Waals surface area (Å²) in [6, 6.07) is 13.1. The molecule has 2 aromatic rings. The molecule has 2 aromatic carbocycles. The summed E-state index contributed by atoms with van der Waals surface area (Å²) in [6.45, 7) is -0.152. The Morgan fingerprint density at radius 2 is 1.58 bits per heavy atom. The molecule has 0 N–H and O–H groups in total. The number of amides is 1. The minimum atomic E-state index is -0.601. The van der Waals surface area contributed by atoms with Crippen molar-refractivity contribution < 1.29 is 19.1 Å². The molecule has 1 aliphatic heterocycles. The molecule has 1 atom stereocenters. The van der Waals surface area contributed by atoms with Crippen LogP contribution in [0.3, 0.4) is 0 Å². The van der Waals surface area contributed by atoms with Crippen LogP contribution < -0.4 is 4.90 Å². The molecule has 0 unspecified atom stereocenters. The summed E-state index contributed by atoms with van der Waals surface area (Å²) < 4.78 is 5.10. The Labute approximate surface area is 160 Å². The fraction of sp³-hybridized carbons (Fsp3) is 0.211. The molecule has 5 nitrogen and oxygen atoms in total. The van der Waals surface area contributed by atoms with E-state index in [0.717, 1.165) is 0 Å². The lowest BCUT2D eigenvalue weighted by atomic mass is 10.1. The standard InChI is InChI=1S/C19H15Cl2NO4/c20-14-3-1-12(2-4-14)17(23)11-26-19(25)13-9-18(24)22(10-13)16-7-5-15(21)6-8-16/h1-8,13H,9-11H2/t13-/m0/s1. The molecule has 1 fully saturated rings. The van der Waals surface area contributed by atoms with Crippen molar-refractivity contribution in [3.8, 4) is 0 Å². The summed E-state index contributed by atoms with van der Waals surface area (Å²) >= 11 is 11.6. The number of rotatable bonds is 5. The molecule has 1 heterocycles. The summed E-state index contributed by atoms with van der Waals surface area (Å²) in [5.74, 6) is -1.65. The fourth-order valence-electron chi connectivity index (χ4n) is 2.71. The third-order valence-corrected chi connectivity index (χ3v) is 4.61. The Hall–Kier alpha value is -2.37. The second kappa shape index (κ2) is 7.89. The fourth-order valence-corrected chi connectivity index (χ4v) is 2.96. The van der Waals surface area contributed by atoms with E-state index in [1.165, 1.54) is 4.90 Å². The van der Waals surface area contributed by atoms with E-state index in [2.05, 4.69) is 0 Å². The maximum atomic E-state index is 12.2. The number of nitrogens with zero attached hydrogens (tertiary/aromatic N) is 1. The van der Waals surface area contributed by atoms with Crippen molar-refractivity contribution >= 4 is 46.5 Å². The first kappa shape index (κ1) is 18.4. The Bertz CT molecular complexity index is 834. The molecule has 1 aliphatic rings. The Morgan fingerprint density at radius 3 is 2.19 bits per heavy atom. The zero-order chi connectivity index (χ0) is 18.7. The molecule has 0 bridgehead atoms. The van der Waals surface area contributed by atoms with Gasteiger partial charge in [-0.2, -0.15) is 0 Å². The molecule has 1 amide bonds. The second-order valence-corrected chi connectivity index (χ2v) is 6.79. The predicted octanol–water partition coefficient (Wildman–Crippen LogP) is 3.77. The van der Waals surface area contributed by atoms with Crippen LogP contribution in [-0.2, 0) is 14.3 Å². The van der Waals surface area contributed by atoms with Crippen LogP contribution in [0.4, 0.5) is 5.69 Å². The first-order valence-electron chi connectivity index (χ1n) is 7.95. The molecule has 134 valence electrons. The molecule has 0 aromatic heterocycles. The van der Waals surface area contributed by atoms with Gasteiger partial charge in [-0.05, 0) is 48.5 Å². The number of benzene rings is 2. The van der Waals surface area contributed by atoms with Gasteiger partial charge in [-0.25, -0.2) is 0 Å². The number of anilines is 1. The van der Waals surface area contributed by atoms with Crippen LogP contribution >= 0.6 is 23.2 Å². The number of ketones is 1. The highest BCUT2D eigenvalue weighted by molar-refractivity contribution is 6.31. The van der Waals surface area contributed by atoms with Gasteiger partial charge >= 0.3 is 5.97 Å². The number of esters is 1. The van der Waals surface area contributed by atoms with Crippen molar-refractivity contribution in [1.29, 1.82) is 0 Å². The third-order valence-electron chi connectivity index (χ3n) is 4.11. The first-order chi connectivity index (χ1) is 12.4. The van der Waals surface area contributed by atoms with Crippen LogP contribution in [0.2, 0.25) is 10.0 Å². The molecule has 3 rings (SSSR count). The van der Waals surface area contributed by atoms with Crippen molar-refractivity contribution in [2.45, 2.75) is 6.42 Å². The van der Waals surface area contributed by atoms with Gasteiger partial charge in [-0.3, -0.25) is 14.4 Å². The smallest absolute Gasteiger partial charge is 0.311 e. The highest BCUT2D eigenvalue weighted by atomic mass is 35.5. The number of hydrogen-bond donors (Lipinski definition) is 0. The van der Waals surface area contributed by atoms with E-state index in [-0.39, 0.29) is 31.3 Å². The first-order valence-corrected chi connectivity index (χ1v) is 8.71. The number of halogens is 2. The van der Waals surface area contributed by atoms with E-state index in [9.17, 15) is 14.4 Å². The monoisotopic (exact) mass is 391 g/mol. The molecule has 1 saturated heterocycles. The lowest BCUT2D eigenvalue weighted by Crippen LogP contribution is -2.27. The number of carbonyl (C=O) groups excluding carboxylic acids is 3. The largest absolute Gasteiger partial charge is 0.457 e. The van der Waals surface area contributed by atoms with Crippen LogP contribution in [0.5, 0.6) is 0 Å². The average Bonchev–Trinajstić information content (AvgIpc) is 3.02. The quantitative estimate of drug-likeness (QED) is 0.574. The Kier molecular flexibility index (Phi) is 5.59. The van der Waals surface area contributed by atoms with E-state index in [1.807, 2.05) is 0 Å². The maximum Gasteiger partial charge on any atom is 0.311 e. The van der Waals surface area contributed by atoms with E-state index in [1.54, 1.807) is 48.5 Å². The van der Waals surface area contributed by atoms with Gasteiger partial charge in [0.15, 0.2) is 12.4 Å². The Balaban J connectivity index is 1.57. The van der Waals surface area contributed by atoms with E-state index < -0.39 is 11.9 Å². The minimum Gasteiger partial charge on any atom is -0.457 e. The third kappa shape index (κ3) is 4.23. The van der Waals surface area contributed by atoms with Crippen molar-refractivity contribution in [2.75, 3.05) is 18.1 Å². The van der Waals surface area contributed by atoms with Crippen LogP contribution in [0.25, 0.3) is 0 Å². The van der Waals surface area contributed by atoms with Crippen molar-refractivity contribution in [3.63, 3.8) is 0 Å². The van der Waals surface area contributed by atoms with E-state index in [4.69, 9.17) is 27.9 Å². The minimum absolute atomic E-state index is 0.0522. The normalized spacial score (nSPS) is 16.6. The predicted molar refractivity (Wildman–Crippen MR) is 98.7 cm³/mol. The lowest BCUT2D eigenvalue weighted by Gasteiger charge is -2.16. The van der Waals surface area contributed by atoms with Crippen molar-refractivity contribution in [2.24, 2.45) is 5.92 Å². The molecule has 26 heavy (non-hydrogen) atoms. The van der Waals surface area contributed by atoms with Crippen LogP contribution in [-0.4, -0.2) is 30.8 Å².